The zero-order chi connectivity index (χ0) is 21.0. The van der Waals surface area contributed by atoms with Crippen LogP contribution in [0, 0.1) is 5.82 Å². The molecule has 0 spiro atoms. The zero-order valence-corrected chi connectivity index (χ0v) is 17.7. The fraction of sp³-hybridized carbons (Fsp3) is 0.409. The Balaban J connectivity index is 1.92. The number of anilines is 1. The molecule has 1 aliphatic heterocycles. The van der Waals surface area contributed by atoms with E-state index in [0.717, 1.165) is 36.8 Å². The average Bonchev–Trinajstić information content (AvgIpc) is 3.12. The summed E-state index contributed by atoms with van der Waals surface area (Å²) < 4.78 is 41.5. The van der Waals surface area contributed by atoms with Gasteiger partial charge < -0.3 is 4.90 Å². The lowest BCUT2D eigenvalue weighted by atomic mass is 10.2. The number of carbonyl (C=O) groups excluding carboxylic acids is 1. The lowest BCUT2D eigenvalue weighted by molar-refractivity contribution is -0.116. The van der Waals surface area contributed by atoms with Crippen LogP contribution in [-0.4, -0.2) is 31.7 Å². The minimum atomic E-state index is -3.76. The third kappa shape index (κ3) is 4.85. The van der Waals surface area contributed by atoms with E-state index < -0.39 is 10.0 Å². The first-order valence-corrected chi connectivity index (χ1v) is 11.4. The van der Waals surface area contributed by atoms with E-state index in [2.05, 4.69) is 6.92 Å². The Morgan fingerprint density at radius 1 is 1.14 bits per heavy atom. The van der Waals surface area contributed by atoms with E-state index in [1.165, 1.54) is 23.4 Å². The number of carbonyl (C=O) groups is 1. The number of benzene rings is 2. The summed E-state index contributed by atoms with van der Waals surface area (Å²) >= 11 is 0. The van der Waals surface area contributed by atoms with Gasteiger partial charge >= 0.3 is 0 Å². The summed E-state index contributed by atoms with van der Waals surface area (Å²) in [5.41, 5.74) is 2.39. The lowest BCUT2D eigenvalue weighted by Gasteiger charge is -2.23. The second kappa shape index (κ2) is 9.05. The molecule has 2 aromatic carbocycles. The Labute approximate surface area is 172 Å². The number of unbranched alkanes of at least 4 members (excludes halogenated alkanes) is 2. The molecule has 0 saturated heterocycles. The highest BCUT2D eigenvalue weighted by atomic mass is 32.2. The van der Waals surface area contributed by atoms with Crippen LogP contribution >= 0.6 is 0 Å². The molecule has 2 aromatic rings. The average molecular weight is 419 g/mol. The SMILES string of the molecule is CCCCCN(Cc1ccc(F)cc1)S(=O)(=O)c1ccc2c(c1)N(C(C)=O)CC2. The topological polar surface area (TPSA) is 57.7 Å². The van der Waals surface area contributed by atoms with Gasteiger partial charge in [0, 0.05) is 32.2 Å². The predicted octanol–water partition coefficient (Wildman–Crippen LogP) is 4.12. The first-order chi connectivity index (χ1) is 13.8. The highest BCUT2D eigenvalue weighted by Gasteiger charge is 2.28. The minimum absolute atomic E-state index is 0.0931. The van der Waals surface area contributed by atoms with Crippen molar-refractivity contribution in [2.75, 3.05) is 18.0 Å². The molecule has 5 nitrogen and oxygen atoms in total. The maximum absolute atomic E-state index is 13.4. The molecule has 0 aliphatic carbocycles. The van der Waals surface area contributed by atoms with Crippen molar-refractivity contribution < 1.29 is 17.6 Å². The molecule has 1 heterocycles. The van der Waals surface area contributed by atoms with Crippen LogP contribution in [0.25, 0.3) is 0 Å². The van der Waals surface area contributed by atoms with E-state index in [-0.39, 0.29) is 23.2 Å². The van der Waals surface area contributed by atoms with E-state index in [1.54, 1.807) is 35.2 Å². The summed E-state index contributed by atoms with van der Waals surface area (Å²) in [5.74, 6) is -0.443. The van der Waals surface area contributed by atoms with E-state index in [0.29, 0.717) is 18.8 Å². The zero-order valence-electron chi connectivity index (χ0n) is 16.9. The molecule has 0 saturated carbocycles. The van der Waals surface area contributed by atoms with Gasteiger partial charge in [-0.15, -0.1) is 0 Å². The summed E-state index contributed by atoms with van der Waals surface area (Å²) in [4.78, 5) is 13.7. The molecule has 0 bridgehead atoms. The smallest absolute Gasteiger partial charge is 0.243 e. The Morgan fingerprint density at radius 2 is 1.86 bits per heavy atom. The van der Waals surface area contributed by atoms with E-state index in [9.17, 15) is 17.6 Å². The number of amides is 1. The van der Waals surface area contributed by atoms with Crippen LogP contribution in [0.3, 0.4) is 0 Å². The molecule has 1 amide bonds. The Bertz CT molecular complexity index is 974. The van der Waals surface area contributed by atoms with Gasteiger partial charge in [0.1, 0.15) is 5.82 Å². The summed E-state index contributed by atoms with van der Waals surface area (Å²) in [6.45, 7) is 4.70. The molecular weight excluding hydrogens is 391 g/mol. The van der Waals surface area contributed by atoms with Crippen molar-refractivity contribution in [1.29, 1.82) is 0 Å². The van der Waals surface area contributed by atoms with E-state index in [4.69, 9.17) is 0 Å². The van der Waals surface area contributed by atoms with Crippen molar-refractivity contribution >= 4 is 21.6 Å². The third-order valence-corrected chi connectivity index (χ3v) is 7.09. The molecule has 0 fully saturated rings. The van der Waals surface area contributed by atoms with Crippen molar-refractivity contribution in [2.45, 2.75) is 51.0 Å². The molecule has 0 atom stereocenters. The van der Waals surface area contributed by atoms with Gasteiger partial charge in [0.05, 0.1) is 4.90 Å². The van der Waals surface area contributed by atoms with Crippen LogP contribution < -0.4 is 4.90 Å². The molecule has 0 unspecified atom stereocenters. The predicted molar refractivity (Wildman–Crippen MR) is 112 cm³/mol. The fourth-order valence-electron chi connectivity index (χ4n) is 3.61. The molecule has 0 aromatic heterocycles. The molecule has 156 valence electrons. The van der Waals surface area contributed by atoms with Crippen molar-refractivity contribution in [3.63, 3.8) is 0 Å². The first kappa shape index (κ1) is 21.5. The van der Waals surface area contributed by atoms with Gasteiger partial charge in [-0.1, -0.05) is 38.0 Å². The molecule has 7 heteroatoms. The highest BCUT2D eigenvalue weighted by molar-refractivity contribution is 7.89. The van der Waals surface area contributed by atoms with Crippen molar-refractivity contribution in [3.05, 3.63) is 59.4 Å². The summed E-state index contributed by atoms with van der Waals surface area (Å²) in [7, 11) is -3.76. The number of fused-ring (bicyclic) bond motifs is 1. The standard InChI is InChI=1S/C22H27FN2O3S/c1-3-4-5-13-24(16-18-6-9-20(23)10-7-18)29(27,28)21-11-8-19-12-14-25(17(2)26)22(19)15-21/h6-11,15H,3-5,12-14,16H2,1-2H3. The minimum Gasteiger partial charge on any atom is -0.312 e. The Hall–Kier alpha value is -2.25. The first-order valence-electron chi connectivity index (χ1n) is 9.98. The molecule has 0 N–H and O–H groups in total. The van der Waals surface area contributed by atoms with E-state index in [1.807, 2.05) is 0 Å². The molecule has 29 heavy (non-hydrogen) atoms. The van der Waals surface area contributed by atoms with Crippen molar-refractivity contribution in [1.82, 2.24) is 4.31 Å². The second-order valence-corrected chi connectivity index (χ2v) is 9.32. The Kier molecular flexibility index (Phi) is 6.70. The van der Waals surface area contributed by atoms with Crippen LogP contribution in [0.15, 0.2) is 47.4 Å². The fourth-order valence-corrected chi connectivity index (χ4v) is 5.10. The number of halogens is 1. The third-order valence-electron chi connectivity index (χ3n) is 5.25. The summed E-state index contributed by atoms with van der Waals surface area (Å²) in [6, 6.07) is 10.9. The largest absolute Gasteiger partial charge is 0.312 e. The van der Waals surface area contributed by atoms with Gasteiger partial charge in [0.25, 0.3) is 0 Å². The van der Waals surface area contributed by atoms with Gasteiger partial charge in [-0.25, -0.2) is 12.8 Å². The van der Waals surface area contributed by atoms with Crippen LogP contribution in [0.1, 0.15) is 44.2 Å². The quantitative estimate of drug-likeness (QED) is 0.606. The monoisotopic (exact) mass is 418 g/mol. The molecule has 3 rings (SSSR count). The number of sulfonamides is 1. The van der Waals surface area contributed by atoms with Gasteiger partial charge in [0.2, 0.25) is 15.9 Å². The molecular formula is C22H27FN2O3S. The number of hydrogen-bond donors (Lipinski definition) is 0. The number of rotatable bonds is 8. The van der Waals surface area contributed by atoms with E-state index >= 15 is 0 Å². The van der Waals surface area contributed by atoms with Crippen molar-refractivity contribution in [3.8, 4) is 0 Å². The number of hydrogen-bond acceptors (Lipinski definition) is 3. The van der Waals surface area contributed by atoms with Gasteiger partial charge in [-0.05, 0) is 48.2 Å². The number of nitrogens with zero attached hydrogens (tertiary/aromatic N) is 2. The maximum Gasteiger partial charge on any atom is 0.243 e. The second-order valence-electron chi connectivity index (χ2n) is 7.38. The van der Waals surface area contributed by atoms with Gasteiger partial charge in [-0.2, -0.15) is 4.31 Å². The lowest BCUT2D eigenvalue weighted by Crippen LogP contribution is -2.32. The molecule has 1 aliphatic rings. The summed E-state index contributed by atoms with van der Waals surface area (Å²) in [5, 5.41) is 0. The van der Waals surface area contributed by atoms with Gasteiger partial charge in [-0.3, -0.25) is 4.79 Å². The van der Waals surface area contributed by atoms with Crippen LogP contribution in [0.4, 0.5) is 10.1 Å². The van der Waals surface area contributed by atoms with Gasteiger partial charge in [0.15, 0.2) is 0 Å². The van der Waals surface area contributed by atoms with Crippen LogP contribution in [0.5, 0.6) is 0 Å². The Morgan fingerprint density at radius 3 is 2.52 bits per heavy atom. The van der Waals surface area contributed by atoms with Crippen LogP contribution in [0.2, 0.25) is 0 Å². The highest BCUT2D eigenvalue weighted by Crippen LogP contribution is 2.32. The molecule has 0 radical (unpaired) electrons. The van der Waals surface area contributed by atoms with Crippen molar-refractivity contribution in [2.24, 2.45) is 0 Å². The summed E-state index contributed by atoms with van der Waals surface area (Å²) in [6.07, 6.45) is 3.39. The van der Waals surface area contributed by atoms with Crippen LogP contribution in [-0.2, 0) is 27.8 Å². The maximum atomic E-state index is 13.4. The normalized spacial score (nSPS) is 13.7.